The van der Waals surface area contributed by atoms with Crippen LogP contribution in [0.2, 0.25) is 0 Å². The van der Waals surface area contributed by atoms with Crippen LogP contribution >= 0.6 is 0 Å². The van der Waals surface area contributed by atoms with Gasteiger partial charge in [0, 0.05) is 26.1 Å². The summed E-state index contributed by atoms with van der Waals surface area (Å²) in [6, 6.07) is 9.87. The van der Waals surface area contributed by atoms with Crippen LogP contribution in [0.25, 0.3) is 0 Å². The van der Waals surface area contributed by atoms with Gasteiger partial charge >= 0.3 is 0 Å². The monoisotopic (exact) mass is 314 g/mol. The number of piperidine rings is 2. The molecule has 2 atom stereocenters. The maximum Gasteiger partial charge on any atom is 0.245 e. The Kier molecular flexibility index (Phi) is 4.69. The zero-order chi connectivity index (χ0) is 16.4. The van der Waals surface area contributed by atoms with Gasteiger partial charge in [-0.1, -0.05) is 44.2 Å². The average molecular weight is 314 g/mol. The van der Waals surface area contributed by atoms with Crippen LogP contribution in [0.1, 0.15) is 38.7 Å². The summed E-state index contributed by atoms with van der Waals surface area (Å²) in [7, 11) is 0. The summed E-state index contributed by atoms with van der Waals surface area (Å²) in [5.41, 5.74) is 1.15. The maximum absolute atomic E-state index is 12.9. The standard InChI is InChI=1S/C19H26N2O2/c1-14(2)10-18(22)21-9-8-16-11-17(21)19(23)20(13-16)12-15-6-4-3-5-7-15/h3-7,14,16-17H,8-13H2,1-2H3/t16-,17+/m0/s1. The molecular weight excluding hydrogens is 288 g/mol. The first-order valence-electron chi connectivity index (χ1n) is 8.66. The Morgan fingerprint density at radius 1 is 1.26 bits per heavy atom. The highest BCUT2D eigenvalue weighted by molar-refractivity contribution is 5.88. The van der Waals surface area contributed by atoms with E-state index in [0.717, 1.165) is 31.5 Å². The molecule has 1 aromatic carbocycles. The molecule has 2 amide bonds. The molecule has 2 aliphatic rings. The number of hydrogen-bond acceptors (Lipinski definition) is 2. The van der Waals surface area contributed by atoms with Crippen LogP contribution in [0.3, 0.4) is 0 Å². The summed E-state index contributed by atoms with van der Waals surface area (Å²) in [4.78, 5) is 29.1. The van der Waals surface area contributed by atoms with Gasteiger partial charge in [0.15, 0.2) is 0 Å². The van der Waals surface area contributed by atoms with Crippen LogP contribution in [0, 0.1) is 11.8 Å². The SMILES string of the molecule is CC(C)CC(=O)N1CC[C@H]2C[C@@H]1C(=O)N(Cc1ccccc1)C2. The second-order valence-electron chi connectivity index (χ2n) is 7.30. The lowest BCUT2D eigenvalue weighted by Gasteiger charge is -2.46. The topological polar surface area (TPSA) is 40.6 Å². The molecule has 0 unspecified atom stereocenters. The molecule has 0 aromatic heterocycles. The quantitative estimate of drug-likeness (QED) is 0.857. The van der Waals surface area contributed by atoms with Crippen molar-refractivity contribution in [2.75, 3.05) is 13.1 Å². The van der Waals surface area contributed by atoms with E-state index in [2.05, 4.69) is 26.0 Å². The Balaban J connectivity index is 1.72. The Morgan fingerprint density at radius 2 is 2.00 bits per heavy atom. The third-order valence-corrected chi connectivity index (χ3v) is 4.91. The van der Waals surface area contributed by atoms with Crippen molar-refractivity contribution in [2.24, 2.45) is 11.8 Å². The second kappa shape index (κ2) is 6.73. The van der Waals surface area contributed by atoms with Gasteiger partial charge in [0.2, 0.25) is 11.8 Å². The van der Waals surface area contributed by atoms with Crippen molar-refractivity contribution in [1.82, 2.24) is 9.80 Å². The molecule has 0 radical (unpaired) electrons. The van der Waals surface area contributed by atoms with Gasteiger partial charge in [0.05, 0.1) is 0 Å². The van der Waals surface area contributed by atoms with E-state index in [4.69, 9.17) is 0 Å². The number of rotatable bonds is 4. The molecule has 4 heteroatoms. The number of hydrogen-bond donors (Lipinski definition) is 0. The maximum atomic E-state index is 12.9. The van der Waals surface area contributed by atoms with Gasteiger partial charge in [-0.05, 0) is 30.2 Å². The van der Waals surface area contributed by atoms with Crippen molar-refractivity contribution in [1.29, 1.82) is 0 Å². The molecule has 1 aromatic rings. The van der Waals surface area contributed by atoms with Crippen molar-refractivity contribution in [3.8, 4) is 0 Å². The smallest absolute Gasteiger partial charge is 0.245 e. The molecule has 2 heterocycles. The number of carbonyl (C=O) groups excluding carboxylic acids is 2. The Morgan fingerprint density at radius 3 is 2.70 bits per heavy atom. The minimum Gasteiger partial charge on any atom is -0.336 e. The van der Waals surface area contributed by atoms with Gasteiger partial charge < -0.3 is 9.80 Å². The van der Waals surface area contributed by atoms with Crippen LogP contribution in [0.5, 0.6) is 0 Å². The van der Waals surface area contributed by atoms with E-state index in [9.17, 15) is 9.59 Å². The first-order valence-corrected chi connectivity index (χ1v) is 8.66. The molecule has 124 valence electrons. The van der Waals surface area contributed by atoms with Gasteiger partial charge in [-0.3, -0.25) is 9.59 Å². The molecule has 0 N–H and O–H groups in total. The van der Waals surface area contributed by atoms with Gasteiger partial charge in [-0.2, -0.15) is 0 Å². The van der Waals surface area contributed by atoms with E-state index in [0.29, 0.717) is 24.8 Å². The van der Waals surface area contributed by atoms with Gasteiger partial charge in [0.1, 0.15) is 6.04 Å². The third-order valence-electron chi connectivity index (χ3n) is 4.91. The Labute approximate surface area is 138 Å². The fourth-order valence-corrected chi connectivity index (χ4v) is 3.76. The number of carbonyl (C=O) groups is 2. The lowest BCUT2D eigenvalue weighted by Crippen LogP contribution is -2.60. The summed E-state index contributed by atoms with van der Waals surface area (Å²) in [5.74, 6) is 1.13. The lowest BCUT2D eigenvalue weighted by atomic mass is 9.85. The molecule has 2 aliphatic heterocycles. The minimum absolute atomic E-state index is 0.127. The lowest BCUT2D eigenvalue weighted by molar-refractivity contribution is -0.155. The summed E-state index contributed by atoms with van der Waals surface area (Å²) in [6.45, 7) is 6.32. The molecule has 0 spiro atoms. The molecule has 2 saturated heterocycles. The van der Waals surface area contributed by atoms with Gasteiger partial charge in [-0.25, -0.2) is 0 Å². The van der Waals surface area contributed by atoms with E-state index in [1.807, 2.05) is 28.0 Å². The predicted octanol–water partition coefficient (Wildman–Crippen LogP) is 2.68. The van der Waals surface area contributed by atoms with Crippen molar-refractivity contribution in [3.05, 3.63) is 35.9 Å². The van der Waals surface area contributed by atoms with Crippen LogP contribution in [0.15, 0.2) is 30.3 Å². The molecule has 0 saturated carbocycles. The van der Waals surface area contributed by atoms with Crippen LogP contribution in [0.4, 0.5) is 0 Å². The van der Waals surface area contributed by atoms with E-state index in [-0.39, 0.29) is 17.9 Å². The van der Waals surface area contributed by atoms with Crippen LogP contribution in [-0.2, 0) is 16.1 Å². The summed E-state index contributed by atoms with van der Waals surface area (Å²) in [6.07, 6.45) is 2.39. The molecule has 23 heavy (non-hydrogen) atoms. The zero-order valence-electron chi connectivity index (χ0n) is 14.1. The Hall–Kier alpha value is -1.84. The highest BCUT2D eigenvalue weighted by Crippen LogP contribution is 2.31. The van der Waals surface area contributed by atoms with Crippen molar-refractivity contribution in [2.45, 2.75) is 45.7 Å². The largest absolute Gasteiger partial charge is 0.336 e. The fraction of sp³-hybridized carbons (Fsp3) is 0.579. The van der Waals surface area contributed by atoms with Crippen molar-refractivity contribution in [3.63, 3.8) is 0 Å². The highest BCUT2D eigenvalue weighted by Gasteiger charge is 2.42. The third kappa shape index (κ3) is 3.57. The number of nitrogens with zero attached hydrogens (tertiary/aromatic N) is 2. The first-order chi connectivity index (χ1) is 11.0. The molecule has 4 nitrogen and oxygen atoms in total. The zero-order valence-corrected chi connectivity index (χ0v) is 14.1. The fourth-order valence-electron chi connectivity index (χ4n) is 3.76. The van der Waals surface area contributed by atoms with Crippen LogP contribution in [-0.4, -0.2) is 40.7 Å². The normalized spacial score (nSPS) is 24.2. The van der Waals surface area contributed by atoms with Crippen LogP contribution < -0.4 is 0 Å². The number of amides is 2. The summed E-state index contributed by atoms with van der Waals surface area (Å²) < 4.78 is 0. The minimum atomic E-state index is -0.238. The molecule has 0 aliphatic carbocycles. The molecule has 2 bridgehead atoms. The van der Waals surface area contributed by atoms with Gasteiger partial charge in [0.25, 0.3) is 0 Å². The first kappa shape index (κ1) is 16.0. The molecule has 3 rings (SSSR count). The van der Waals surface area contributed by atoms with Crippen molar-refractivity contribution >= 4 is 11.8 Å². The summed E-state index contributed by atoms with van der Waals surface area (Å²) in [5, 5.41) is 0. The molecular formula is C19H26N2O2. The average Bonchev–Trinajstić information content (AvgIpc) is 2.53. The van der Waals surface area contributed by atoms with E-state index in [1.54, 1.807) is 0 Å². The van der Waals surface area contributed by atoms with E-state index in [1.165, 1.54) is 0 Å². The van der Waals surface area contributed by atoms with Gasteiger partial charge in [-0.15, -0.1) is 0 Å². The molecule has 2 fully saturated rings. The number of benzene rings is 1. The van der Waals surface area contributed by atoms with Crippen molar-refractivity contribution < 1.29 is 9.59 Å². The summed E-state index contributed by atoms with van der Waals surface area (Å²) >= 11 is 0. The Bertz CT molecular complexity index is 570. The second-order valence-corrected chi connectivity index (χ2v) is 7.30. The van der Waals surface area contributed by atoms with E-state index >= 15 is 0 Å². The number of fused-ring (bicyclic) bond motifs is 2. The van der Waals surface area contributed by atoms with E-state index < -0.39 is 0 Å². The number of likely N-dealkylation sites (tertiary alicyclic amines) is 2. The highest BCUT2D eigenvalue weighted by atomic mass is 16.2. The predicted molar refractivity (Wildman–Crippen MR) is 89.5 cm³/mol.